The van der Waals surface area contributed by atoms with Gasteiger partial charge in [-0.3, -0.25) is 0 Å². The lowest BCUT2D eigenvalue weighted by molar-refractivity contribution is 0.424. The molecule has 0 radical (unpaired) electrons. The zero-order valence-corrected chi connectivity index (χ0v) is 10.7. The average Bonchev–Trinajstić information content (AvgIpc) is 2.14. The van der Waals surface area contributed by atoms with Crippen LogP contribution in [0, 0.1) is 5.41 Å². The van der Waals surface area contributed by atoms with Crippen molar-refractivity contribution in [2.24, 2.45) is 0 Å². The van der Waals surface area contributed by atoms with Gasteiger partial charge in [0.25, 0.3) is 0 Å². The molecule has 2 heteroatoms. The van der Waals surface area contributed by atoms with Crippen LogP contribution >= 0.6 is 0 Å². The van der Waals surface area contributed by atoms with Crippen LogP contribution in [0.4, 0.5) is 0 Å². The second kappa shape index (κ2) is 5.26. The fraction of sp³-hybridized carbons (Fsp3) is 0.500. The molecule has 0 fully saturated rings. The Hall–Kier alpha value is -1.15. The van der Waals surface area contributed by atoms with E-state index in [0.717, 1.165) is 13.0 Å². The van der Waals surface area contributed by atoms with Gasteiger partial charge in [0.05, 0.1) is 0 Å². The third kappa shape index (κ3) is 5.08. The summed E-state index contributed by atoms with van der Waals surface area (Å²) in [7, 11) is 0. The van der Waals surface area contributed by atoms with E-state index < -0.39 is 0 Å². The first kappa shape index (κ1) is 12.9. The third-order valence-corrected chi connectivity index (χ3v) is 2.32. The monoisotopic (exact) mass is 218 g/mol. The van der Waals surface area contributed by atoms with Gasteiger partial charge in [0.1, 0.15) is 0 Å². The highest BCUT2D eigenvalue weighted by Gasteiger charge is 2.07. The molecule has 1 aromatic carbocycles. The van der Waals surface area contributed by atoms with Crippen LogP contribution in [0.3, 0.4) is 0 Å². The maximum Gasteiger partial charge on any atom is 0.0210 e. The minimum atomic E-state index is 0.157. The summed E-state index contributed by atoms with van der Waals surface area (Å²) < 4.78 is 0. The van der Waals surface area contributed by atoms with Gasteiger partial charge < -0.3 is 10.7 Å². The van der Waals surface area contributed by atoms with Crippen molar-refractivity contribution in [3.05, 3.63) is 35.4 Å². The topological polar surface area (TPSA) is 35.9 Å². The van der Waals surface area contributed by atoms with Crippen LogP contribution in [0.25, 0.3) is 0 Å². The van der Waals surface area contributed by atoms with Crippen LogP contribution in [0.15, 0.2) is 24.3 Å². The molecule has 0 atom stereocenters. The fourth-order valence-electron chi connectivity index (χ4n) is 1.45. The highest BCUT2D eigenvalue weighted by Crippen LogP contribution is 2.07. The van der Waals surface area contributed by atoms with E-state index in [1.54, 1.807) is 0 Å². The van der Waals surface area contributed by atoms with Crippen LogP contribution in [0.1, 0.15) is 38.8 Å². The third-order valence-electron chi connectivity index (χ3n) is 2.32. The fourth-order valence-corrected chi connectivity index (χ4v) is 1.45. The Morgan fingerprint density at radius 3 is 2.06 bits per heavy atom. The number of hydrogen-bond acceptors (Lipinski definition) is 2. The molecule has 0 aliphatic rings. The molecular formula is C14H22N2. The predicted octanol–water partition coefficient (Wildman–Crippen LogP) is 3.16. The number of benzene rings is 1. The minimum absolute atomic E-state index is 0.157. The first-order valence-corrected chi connectivity index (χ1v) is 5.74. The minimum Gasteiger partial charge on any atom is -0.310 e. The summed E-state index contributed by atoms with van der Waals surface area (Å²) in [6, 6.07) is 8.49. The summed E-state index contributed by atoms with van der Waals surface area (Å²) in [5.74, 6) is 0. The molecule has 0 aliphatic heterocycles. The largest absolute Gasteiger partial charge is 0.310 e. The van der Waals surface area contributed by atoms with E-state index >= 15 is 0 Å². The van der Waals surface area contributed by atoms with E-state index in [4.69, 9.17) is 5.41 Å². The molecule has 0 saturated heterocycles. The molecular weight excluding hydrogens is 196 g/mol. The van der Waals surface area contributed by atoms with Gasteiger partial charge in [-0.2, -0.15) is 0 Å². The molecule has 0 heterocycles. The summed E-state index contributed by atoms with van der Waals surface area (Å²) >= 11 is 0. The summed E-state index contributed by atoms with van der Waals surface area (Å²) in [5, 5.41) is 10.9. The molecule has 0 aliphatic carbocycles. The van der Waals surface area contributed by atoms with Gasteiger partial charge in [0.2, 0.25) is 0 Å². The first-order chi connectivity index (χ1) is 7.37. The molecule has 0 bridgehead atoms. The highest BCUT2D eigenvalue weighted by atomic mass is 14.9. The van der Waals surface area contributed by atoms with Gasteiger partial charge >= 0.3 is 0 Å². The van der Waals surface area contributed by atoms with Crippen molar-refractivity contribution in [1.29, 1.82) is 5.41 Å². The number of hydrogen-bond donors (Lipinski definition) is 2. The van der Waals surface area contributed by atoms with E-state index in [-0.39, 0.29) is 5.54 Å². The number of rotatable bonds is 4. The van der Waals surface area contributed by atoms with E-state index in [1.807, 2.05) is 6.92 Å². The molecule has 0 unspecified atom stereocenters. The Labute approximate surface area is 98.6 Å². The van der Waals surface area contributed by atoms with Crippen molar-refractivity contribution in [1.82, 2.24) is 5.32 Å². The van der Waals surface area contributed by atoms with Crippen molar-refractivity contribution in [3.8, 4) is 0 Å². The van der Waals surface area contributed by atoms with Crippen molar-refractivity contribution in [3.63, 3.8) is 0 Å². The van der Waals surface area contributed by atoms with Gasteiger partial charge in [0.15, 0.2) is 0 Å². The van der Waals surface area contributed by atoms with Crippen LogP contribution in [-0.2, 0) is 13.0 Å². The number of nitrogens with one attached hydrogen (secondary N) is 2. The molecule has 2 nitrogen and oxygen atoms in total. The lowest BCUT2D eigenvalue weighted by Crippen LogP contribution is -2.35. The van der Waals surface area contributed by atoms with Gasteiger partial charge in [0, 0.05) is 24.2 Å². The summed E-state index contributed by atoms with van der Waals surface area (Å²) in [6.45, 7) is 9.24. The van der Waals surface area contributed by atoms with Gasteiger partial charge in [-0.15, -0.1) is 0 Å². The zero-order valence-electron chi connectivity index (χ0n) is 10.7. The van der Waals surface area contributed by atoms with E-state index in [1.165, 1.54) is 11.1 Å². The maximum absolute atomic E-state index is 7.44. The summed E-state index contributed by atoms with van der Waals surface area (Å²) in [6.07, 6.45) is 0.757. The Morgan fingerprint density at radius 2 is 1.62 bits per heavy atom. The molecule has 1 rings (SSSR count). The van der Waals surface area contributed by atoms with Crippen LogP contribution in [-0.4, -0.2) is 11.3 Å². The van der Waals surface area contributed by atoms with Gasteiger partial charge in [-0.25, -0.2) is 0 Å². The lowest BCUT2D eigenvalue weighted by atomic mass is 10.1. The summed E-state index contributed by atoms with van der Waals surface area (Å²) in [4.78, 5) is 0. The maximum atomic E-state index is 7.44. The second-order valence-electron chi connectivity index (χ2n) is 5.38. The molecule has 16 heavy (non-hydrogen) atoms. The standard InChI is InChI=1S/C14H22N2/c1-11(15)9-12-5-7-13(8-6-12)10-16-14(2,3)4/h5-8,15-16H,9-10H2,1-4H3. The molecule has 0 amide bonds. The van der Waals surface area contributed by atoms with Crippen molar-refractivity contribution in [2.45, 2.75) is 46.2 Å². The Balaban J connectivity index is 2.55. The predicted molar refractivity (Wildman–Crippen MR) is 70.1 cm³/mol. The highest BCUT2D eigenvalue weighted by molar-refractivity contribution is 5.80. The van der Waals surface area contributed by atoms with Crippen molar-refractivity contribution in [2.75, 3.05) is 0 Å². The lowest BCUT2D eigenvalue weighted by Gasteiger charge is -2.20. The molecule has 0 spiro atoms. The van der Waals surface area contributed by atoms with Crippen LogP contribution in [0.2, 0.25) is 0 Å². The van der Waals surface area contributed by atoms with Crippen LogP contribution < -0.4 is 5.32 Å². The Morgan fingerprint density at radius 1 is 1.12 bits per heavy atom. The molecule has 2 N–H and O–H groups in total. The first-order valence-electron chi connectivity index (χ1n) is 5.74. The van der Waals surface area contributed by atoms with Crippen molar-refractivity contribution >= 4 is 5.71 Å². The summed E-state index contributed by atoms with van der Waals surface area (Å²) in [5.41, 5.74) is 3.37. The van der Waals surface area contributed by atoms with Crippen molar-refractivity contribution < 1.29 is 0 Å². The Kier molecular flexibility index (Phi) is 4.25. The quantitative estimate of drug-likeness (QED) is 0.748. The van der Waals surface area contributed by atoms with E-state index in [9.17, 15) is 0 Å². The Bertz CT molecular complexity index is 344. The van der Waals surface area contributed by atoms with Gasteiger partial charge in [-0.1, -0.05) is 24.3 Å². The SMILES string of the molecule is CC(=N)Cc1ccc(CNC(C)(C)C)cc1. The normalized spacial score (nSPS) is 11.5. The second-order valence-corrected chi connectivity index (χ2v) is 5.38. The molecule has 0 saturated carbocycles. The van der Waals surface area contributed by atoms with Crippen LogP contribution in [0.5, 0.6) is 0 Å². The zero-order chi connectivity index (χ0) is 12.2. The average molecular weight is 218 g/mol. The smallest absolute Gasteiger partial charge is 0.0210 e. The van der Waals surface area contributed by atoms with E-state index in [2.05, 4.69) is 50.4 Å². The molecule has 1 aromatic rings. The van der Waals surface area contributed by atoms with Gasteiger partial charge in [-0.05, 0) is 38.8 Å². The van der Waals surface area contributed by atoms with E-state index in [0.29, 0.717) is 5.71 Å². The molecule has 88 valence electrons. The molecule has 0 aromatic heterocycles.